The Labute approximate surface area is 154 Å². The van der Waals surface area contributed by atoms with E-state index in [4.69, 9.17) is 16.3 Å². The van der Waals surface area contributed by atoms with E-state index in [1.165, 1.54) is 10.5 Å². The molecule has 0 spiro atoms. The van der Waals surface area contributed by atoms with Gasteiger partial charge in [0.05, 0.1) is 24.5 Å². The lowest BCUT2D eigenvalue weighted by atomic mass is 10.3. The van der Waals surface area contributed by atoms with Gasteiger partial charge in [0.1, 0.15) is 11.4 Å². The van der Waals surface area contributed by atoms with Crippen molar-refractivity contribution in [3.63, 3.8) is 0 Å². The summed E-state index contributed by atoms with van der Waals surface area (Å²) < 4.78 is 6.90. The van der Waals surface area contributed by atoms with E-state index in [-0.39, 0.29) is 12.1 Å². The van der Waals surface area contributed by atoms with Crippen molar-refractivity contribution in [1.82, 2.24) is 14.7 Å². The number of hydrogen-bond acceptors (Lipinski definition) is 4. The van der Waals surface area contributed by atoms with Gasteiger partial charge in [-0.15, -0.1) is 0 Å². The van der Waals surface area contributed by atoms with Crippen molar-refractivity contribution in [2.45, 2.75) is 13.5 Å². The average molecular weight is 373 g/mol. The summed E-state index contributed by atoms with van der Waals surface area (Å²) in [6, 6.07) is 11.2. The van der Waals surface area contributed by atoms with E-state index in [2.05, 4.69) is 15.6 Å². The molecule has 3 aromatic rings. The van der Waals surface area contributed by atoms with Crippen LogP contribution in [0.25, 0.3) is 5.65 Å². The fourth-order valence-corrected chi connectivity index (χ4v) is 2.57. The molecule has 2 aromatic heterocycles. The zero-order valence-corrected chi connectivity index (χ0v) is 14.8. The molecule has 8 heteroatoms. The Hall–Kier alpha value is -3.06. The van der Waals surface area contributed by atoms with Crippen molar-refractivity contribution in [1.29, 1.82) is 0 Å². The van der Waals surface area contributed by atoms with Crippen LogP contribution in [-0.2, 0) is 6.54 Å². The maximum atomic E-state index is 12.2. The molecule has 2 N–H and O–H groups in total. The second-order valence-electron chi connectivity index (χ2n) is 5.40. The van der Waals surface area contributed by atoms with Gasteiger partial charge in [0.25, 0.3) is 5.56 Å². The number of hydrogen-bond donors (Lipinski definition) is 2. The lowest BCUT2D eigenvalue weighted by Gasteiger charge is -2.12. The molecular formula is C18H17ClN4O3. The number of halogens is 1. The maximum absolute atomic E-state index is 12.2. The van der Waals surface area contributed by atoms with Gasteiger partial charge < -0.3 is 15.4 Å². The number of carbonyl (C=O) groups is 1. The van der Waals surface area contributed by atoms with Crippen LogP contribution < -0.4 is 20.9 Å². The van der Waals surface area contributed by atoms with Crippen LogP contribution in [0, 0.1) is 0 Å². The number of rotatable bonds is 5. The first-order chi connectivity index (χ1) is 12.6. The van der Waals surface area contributed by atoms with Crippen LogP contribution in [0.2, 0.25) is 5.02 Å². The van der Waals surface area contributed by atoms with E-state index < -0.39 is 6.03 Å². The standard InChI is InChI=1S/C18H17ClN4O3/c1-2-26-15-9-12(19)6-7-14(15)22-18(25)20-11-13-10-17(24)23-8-4-3-5-16(23)21-13/h3-10H,2,11H2,1H3,(H2,20,22,25). The Morgan fingerprint density at radius 3 is 2.92 bits per heavy atom. The van der Waals surface area contributed by atoms with Crippen molar-refractivity contribution in [2.75, 3.05) is 11.9 Å². The number of ether oxygens (including phenoxy) is 1. The van der Waals surface area contributed by atoms with Gasteiger partial charge in [0, 0.05) is 23.4 Å². The molecule has 26 heavy (non-hydrogen) atoms. The van der Waals surface area contributed by atoms with E-state index in [9.17, 15) is 9.59 Å². The smallest absolute Gasteiger partial charge is 0.319 e. The van der Waals surface area contributed by atoms with Crippen molar-refractivity contribution in [3.05, 3.63) is 69.7 Å². The summed E-state index contributed by atoms with van der Waals surface area (Å²) in [5.41, 5.74) is 1.29. The van der Waals surface area contributed by atoms with Gasteiger partial charge in [0.15, 0.2) is 0 Å². The van der Waals surface area contributed by atoms with Crippen molar-refractivity contribution >= 4 is 29.0 Å². The first-order valence-electron chi connectivity index (χ1n) is 8.01. The van der Waals surface area contributed by atoms with Gasteiger partial charge in [-0.05, 0) is 31.2 Å². The summed E-state index contributed by atoms with van der Waals surface area (Å²) >= 11 is 5.94. The molecule has 0 aliphatic rings. The molecule has 0 aliphatic carbocycles. The minimum atomic E-state index is -0.441. The zero-order valence-electron chi connectivity index (χ0n) is 14.0. The van der Waals surface area contributed by atoms with Gasteiger partial charge in [-0.3, -0.25) is 9.20 Å². The first kappa shape index (κ1) is 17.8. The Morgan fingerprint density at radius 2 is 2.12 bits per heavy atom. The third-order valence-electron chi connectivity index (χ3n) is 3.55. The number of anilines is 1. The number of nitrogens with one attached hydrogen (secondary N) is 2. The van der Waals surface area contributed by atoms with Crippen LogP contribution in [0.3, 0.4) is 0 Å². The molecule has 0 atom stereocenters. The van der Waals surface area contributed by atoms with Crippen LogP contribution in [0.1, 0.15) is 12.6 Å². The molecule has 134 valence electrons. The van der Waals surface area contributed by atoms with Crippen LogP contribution in [0.5, 0.6) is 5.75 Å². The molecule has 2 amide bonds. The number of amides is 2. The lowest BCUT2D eigenvalue weighted by molar-refractivity contribution is 0.251. The normalized spacial score (nSPS) is 10.5. The maximum Gasteiger partial charge on any atom is 0.319 e. The highest BCUT2D eigenvalue weighted by Crippen LogP contribution is 2.28. The largest absolute Gasteiger partial charge is 0.492 e. The van der Waals surface area contributed by atoms with Crippen LogP contribution in [0.4, 0.5) is 10.5 Å². The molecule has 3 rings (SSSR count). The molecule has 0 unspecified atom stereocenters. The summed E-state index contributed by atoms with van der Waals surface area (Å²) in [6.07, 6.45) is 1.64. The van der Waals surface area contributed by atoms with Crippen LogP contribution >= 0.6 is 11.6 Å². The minimum Gasteiger partial charge on any atom is -0.492 e. The zero-order chi connectivity index (χ0) is 18.5. The minimum absolute atomic E-state index is 0.115. The number of carbonyl (C=O) groups excluding carboxylic acids is 1. The molecular weight excluding hydrogens is 356 g/mol. The SMILES string of the molecule is CCOc1cc(Cl)ccc1NC(=O)NCc1cc(=O)n2ccccc2n1. The molecule has 7 nitrogen and oxygen atoms in total. The fraction of sp³-hybridized carbons (Fsp3) is 0.167. The van der Waals surface area contributed by atoms with Crippen LogP contribution in [0.15, 0.2) is 53.5 Å². The highest BCUT2D eigenvalue weighted by molar-refractivity contribution is 6.30. The van der Waals surface area contributed by atoms with Crippen molar-refractivity contribution < 1.29 is 9.53 Å². The lowest BCUT2D eigenvalue weighted by Crippen LogP contribution is -2.29. The van der Waals surface area contributed by atoms with Crippen molar-refractivity contribution in [3.8, 4) is 5.75 Å². The predicted molar refractivity (Wildman–Crippen MR) is 99.9 cm³/mol. The number of benzene rings is 1. The topological polar surface area (TPSA) is 84.7 Å². The summed E-state index contributed by atoms with van der Waals surface area (Å²) in [5.74, 6) is 0.484. The quantitative estimate of drug-likeness (QED) is 0.720. The second kappa shape index (κ2) is 7.88. The highest BCUT2D eigenvalue weighted by Gasteiger charge is 2.09. The molecule has 0 saturated heterocycles. The van der Waals surface area contributed by atoms with E-state index in [1.54, 1.807) is 42.6 Å². The van der Waals surface area contributed by atoms with Crippen molar-refractivity contribution in [2.24, 2.45) is 0 Å². The predicted octanol–water partition coefficient (Wildman–Crippen LogP) is 3.07. The molecule has 0 fully saturated rings. The number of nitrogens with zero attached hydrogens (tertiary/aromatic N) is 2. The van der Waals surface area contributed by atoms with E-state index in [1.807, 2.05) is 6.92 Å². The Balaban J connectivity index is 1.69. The number of fused-ring (bicyclic) bond motifs is 1. The Morgan fingerprint density at radius 1 is 1.27 bits per heavy atom. The number of aromatic nitrogens is 2. The van der Waals surface area contributed by atoms with Gasteiger partial charge in [0.2, 0.25) is 0 Å². The van der Waals surface area contributed by atoms with Gasteiger partial charge in [-0.1, -0.05) is 17.7 Å². The van der Waals surface area contributed by atoms with Gasteiger partial charge >= 0.3 is 6.03 Å². The third kappa shape index (κ3) is 4.12. The van der Waals surface area contributed by atoms with Gasteiger partial charge in [-0.25, -0.2) is 9.78 Å². The van der Waals surface area contributed by atoms with E-state index in [0.29, 0.717) is 34.4 Å². The van der Waals surface area contributed by atoms with Gasteiger partial charge in [-0.2, -0.15) is 0 Å². The summed E-state index contributed by atoms with van der Waals surface area (Å²) in [7, 11) is 0. The summed E-state index contributed by atoms with van der Waals surface area (Å²) in [6.45, 7) is 2.40. The van der Waals surface area contributed by atoms with Crippen LogP contribution in [-0.4, -0.2) is 22.0 Å². The first-order valence-corrected chi connectivity index (χ1v) is 8.39. The molecule has 2 heterocycles. The Bertz CT molecular complexity index is 1000. The second-order valence-corrected chi connectivity index (χ2v) is 5.83. The summed E-state index contributed by atoms with van der Waals surface area (Å²) in [4.78, 5) is 28.6. The molecule has 1 aromatic carbocycles. The molecule has 0 bridgehead atoms. The number of urea groups is 1. The molecule has 0 aliphatic heterocycles. The molecule has 0 saturated carbocycles. The molecule has 0 radical (unpaired) electrons. The average Bonchev–Trinajstić information content (AvgIpc) is 2.63. The monoisotopic (exact) mass is 372 g/mol. The fourth-order valence-electron chi connectivity index (χ4n) is 2.41. The van der Waals surface area contributed by atoms with E-state index >= 15 is 0 Å². The highest BCUT2D eigenvalue weighted by atomic mass is 35.5. The number of pyridine rings is 1. The Kier molecular flexibility index (Phi) is 5.38. The third-order valence-corrected chi connectivity index (χ3v) is 3.78. The summed E-state index contributed by atoms with van der Waals surface area (Å²) in [5, 5.41) is 5.89. The van der Waals surface area contributed by atoms with E-state index in [0.717, 1.165) is 0 Å².